The lowest BCUT2D eigenvalue weighted by Gasteiger charge is -2.09. The van der Waals surface area contributed by atoms with Crippen LogP contribution in [0, 0.1) is 0 Å². The molecule has 10 heavy (non-hydrogen) atoms. The van der Waals surface area contributed by atoms with Gasteiger partial charge >= 0.3 is 0 Å². The highest BCUT2D eigenvalue weighted by Crippen LogP contribution is 1.98. The predicted octanol–water partition coefficient (Wildman–Crippen LogP) is 1.61. The van der Waals surface area contributed by atoms with Crippen molar-refractivity contribution < 1.29 is 9.47 Å². The molecule has 2 nitrogen and oxygen atoms in total. The van der Waals surface area contributed by atoms with E-state index in [-0.39, 0.29) is 6.10 Å². The molecule has 1 unspecified atom stereocenters. The molecule has 60 valence electrons. The molecule has 0 aliphatic carbocycles. The summed E-state index contributed by atoms with van der Waals surface area (Å²) in [5.41, 5.74) is 1.25. The Kier molecular flexibility index (Phi) is 5.26. The van der Waals surface area contributed by atoms with Crippen molar-refractivity contribution in [2.45, 2.75) is 20.0 Å². The fourth-order valence-electron chi connectivity index (χ4n) is 0.720. The Morgan fingerprint density at radius 2 is 2.00 bits per heavy atom. The summed E-state index contributed by atoms with van der Waals surface area (Å²) in [4.78, 5) is 0. The molecule has 0 aliphatic heterocycles. The maximum absolute atomic E-state index is 5.10. The zero-order valence-electron chi connectivity index (χ0n) is 7.18. The third kappa shape index (κ3) is 4.53. The number of ether oxygens (including phenoxy) is 2. The van der Waals surface area contributed by atoms with Crippen molar-refractivity contribution in [2.24, 2.45) is 0 Å². The van der Waals surface area contributed by atoms with Gasteiger partial charge in [-0.25, -0.2) is 0 Å². The van der Waals surface area contributed by atoms with Crippen LogP contribution >= 0.6 is 0 Å². The highest BCUT2D eigenvalue weighted by molar-refractivity contribution is 4.98. The van der Waals surface area contributed by atoms with Crippen LogP contribution in [0.25, 0.3) is 0 Å². The molecular formula is C8H16O2. The minimum absolute atomic E-state index is 0.106. The average Bonchev–Trinajstić information content (AvgIpc) is 1.86. The maximum Gasteiger partial charge on any atom is 0.0987 e. The van der Waals surface area contributed by atoms with Crippen molar-refractivity contribution in [2.75, 3.05) is 20.8 Å². The van der Waals surface area contributed by atoms with E-state index >= 15 is 0 Å². The van der Waals surface area contributed by atoms with E-state index in [0.29, 0.717) is 6.61 Å². The molecule has 1 atom stereocenters. The second-order valence-electron chi connectivity index (χ2n) is 2.47. The van der Waals surface area contributed by atoms with Gasteiger partial charge in [-0.2, -0.15) is 0 Å². The molecule has 0 bridgehead atoms. The Balaban J connectivity index is 3.71. The Hall–Kier alpha value is -0.340. The Morgan fingerprint density at radius 1 is 1.40 bits per heavy atom. The van der Waals surface area contributed by atoms with Crippen LogP contribution in [-0.4, -0.2) is 26.9 Å². The second-order valence-corrected chi connectivity index (χ2v) is 2.47. The smallest absolute Gasteiger partial charge is 0.0987 e. The molecule has 0 aliphatic rings. The molecule has 0 aromatic carbocycles. The van der Waals surface area contributed by atoms with Crippen LogP contribution in [0.15, 0.2) is 11.6 Å². The van der Waals surface area contributed by atoms with Crippen molar-refractivity contribution in [3.63, 3.8) is 0 Å². The van der Waals surface area contributed by atoms with Crippen LogP contribution in [0.4, 0.5) is 0 Å². The highest BCUT2D eigenvalue weighted by Gasteiger charge is 2.00. The largest absolute Gasteiger partial charge is 0.382 e. The van der Waals surface area contributed by atoms with Gasteiger partial charge < -0.3 is 9.47 Å². The molecule has 0 saturated heterocycles. The fraction of sp³-hybridized carbons (Fsp3) is 0.750. The lowest BCUT2D eigenvalue weighted by Crippen LogP contribution is -2.14. The first-order chi connectivity index (χ1) is 4.70. The van der Waals surface area contributed by atoms with E-state index in [1.807, 2.05) is 19.9 Å². The first-order valence-corrected chi connectivity index (χ1v) is 3.37. The van der Waals surface area contributed by atoms with Gasteiger partial charge in [0.25, 0.3) is 0 Å². The Labute approximate surface area is 62.8 Å². The summed E-state index contributed by atoms with van der Waals surface area (Å²) in [6, 6.07) is 0. The number of hydrogen-bond acceptors (Lipinski definition) is 2. The predicted molar refractivity (Wildman–Crippen MR) is 42.1 cm³/mol. The lowest BCUT2D eigenvalue weighted by atomic mass is 10.2. The van der Waals surface area contributed by atoms with E-state index in [2.05, 4.69) is 0 Å². The third-order valence-corrected chi connectivity index (χ3v) is 1.15. The topological polar surface area (TPSA) is 18.5 Å². The molecule has 0 N–H and O–H groups in total. The van der Waals surface area contributed by atoms with Crippen LogP contribution in [0.2, 0.25) is 0 Å². The highest BCUT2D eigenvalue weighted by atomic mass is 16.5. The second kappa shape index (κ2) is 5.45. The van der Waals surface area contributed by atoms with Crippen LogP contribution in [0.3, 0.4) is 0 Å². The molecule has 0 spiro atoms. The summed E-state index contributed by atoms with van der Waals surface area (Å²) in [7, 11) is 3.36. The molecule has 0 heterocycles. The van der Waals surface area contributed by atoms with Gasteiger partial charge in [-0.15, -0.1) is 0 Å². The van der Waals surface area contributed by atoms with Crippen LogP contribution in [0.1, 0.15) is 13.8 Å². The molecule has 0 aromatic heterocycles. The van der Waals surface area contributed by atoms with Crippen LogP contribution in [0.5, 0.6) is 0 Å². The molecule has 0 aromatic rings. The summed E-state index contributed by atoms with van der Waals surface area (Å²) >= 11 is 0. The van der Waals surface area contributed by atoms with Gasteiger partial charge in [-0.05, 0) is 13.8 Å². The van der Waals surface area contributed by atoms with Crippen LogP contribution < -0.4 is 0 Å². The van der Waals surface area contributed by atoms with Gasteiger partial charge in [0, 0.05) is 14.2 Å². The van der Waals surface area contributed by atoms with E-state index in [1.165, 1.54) is 5.57 Å². The summed E-state index contributed by atoms with van der Waals surface area (Å²) < 4.78 is 10.0. The minimum Gasteiger partial charge on any atom is -0.382 e. The van der Waals surface area contributed by atoms with Gasteiger partial charge in [-0.3, -0.25) is 0 Å². The van der Waals surface area contributed by atoms with Gasteiger partial charge in [0.05, 0.1) is 12.7 Å². The fourth-order valence-corrected chi connectivity index (χ4v) is 0.720. The normalized spacial score (nSPS) is 12.8. The first-order valence-electron chi connectivity index (χ1n) is 3.37. The standard InChI is InChI=1S/C8H16O2/c1-7(2)5-8(10-4)6-9-3/h5,8H,6H2,1-4H3. The molecule has 0 amide bonds. The lowest BCUT2D eigenvalue weighted by molar-refractivity contribution is 0.0568. The molecule has 0 rings (SSSR count). The SMILES string of the molecule is COCC(C=C(C)C)OC. The van der Waals surface area contributed by atoms with Crippen molar-refractivity contribution >= 4 is 0 Å². The zero-order valence-corrected chi connectivity index (χ0v) is 7.18. The van der Waals surface area contributed by atoms with E-state index in [4.69, 9.17) is 9.47 Å². The van der Waals surface area contributed by atoms with E-state index in [1.54, 1.807) is 14.2 Å². The molecular weight excluding hydrogens is 128 g/mol. The first kappa shape index (κ1) is 9.66. The van der Waals surface area contributed by atoms with Crippen molar-refractivity contribution in [1.82, 2.24) is 0 Å². The Bertz CT molecular complexity index is 104. The number of rotatable bonds is 4. The van der Waals surface area contributed by atoms with Gasteiger partial charge in [0.15, 0.2) is 0 Å². The summed E-state index contributed by atoms with van der Waals surface area (Å²) in [6.45, 7) is 4.71. The van der Waals surface area contributed by atoms with Gasteiger partial charge in [0.2, 0.25) is 0 Å². The van der Waals surface area contributed by atoms with Gasteiger partial charge in [-0.1, -0.05) is 11.6 Å². The van der Waals surface area contributed by atoms with Crippen molar-refractivity contribution in [1.29, 1.82) is 0 Å². The van der Waals surface area contributed by atoms with E-state index in [9.17, 15) is 0 Å². The molecule has 2 heteroatoms. The number of methoxy groups -OCH3 is 2. The monoisotopic (exact) mass is 144 g/mol. The van der Waals surface area contributed by atoms with Crippen LogP contribution in [-0.2, 0) is 9.47 Å². The Morgan fingerprint density at radius 3 is 2.30 bits per heavy atom. The van der Waals surface area contributed by atoms with Crippen molar-refractivity contribution in [3.05, 3.63) is 11.6 Å². The zero-order chi connectivity index (χ0) is 7.98. The van der Waals surface area contributed by atoms with E-state index < -0.39 is 0 Å². The number of allylic oxidation sites excluding steroid dienone is 1. The summed E-state index contributed by atoms with van der Waals surface area (Å²) in [6.07, 6.45) is 2.15. The quantitative estimate of drug-likeness (QED) is 0.558. The minimum atomic E-state index is 0.106. The molecule has 0 radical (unpaired) electrons. The van der Waals surface area contributed by atoms with Crippen molar-refractivity contribution in [3.8, 4) is 0 Å². The number of hydrogen-bond donors (Lipinski definition) is 0. The third-order valence-electron chi connectivity index (χ3n) is 1.15. The van der Waals surface area contributed by atoms with Gasteiger partial charge in [0.1, 0.15) is 0 Å². The molecule has 0 saturated carbocycles. The summed E-state index contributed by atoms with van der Waals surface area (Å²) in [5.74, 6) is 0. The average molecular weight is 144 g/mol. The maximum atomic E-state index is 5.10. The van der Waals surface area contributed by atoms with E-state index in [0.717, 1.165) is 0 Å². The molecule has 0 fully saturated rings. The summed E-state index contributed by atoms with van der Waals surface area (Å²) in [5, 5.41) is 0.